The average Bonchev–Trinajstić information content (AvgIpc) is 2.53. The summed E-state index contributed by atoms with van der Waals surface area (Å²) in [5.41, 5.74) is 1.57. The molecule has 0 radical (unpaired) electrons. The molecular formula is C13H17N5O2. The van der Waals surface area contributed by atoms with Crippen LogP contribution in [0.25, 0.3) is 0 Å². The molecular weight excluding hydrogens is 258 g/mol. The quantitative estimate of drug-likeness (QED) is 0.841. The van der Waals surface area contributed by atoms with E-state index in [4.69, 9.17) is 9.47 Å². The summed E-state index contributed by atoms with van der Waals surface area (Å²) < 4.78 is 10.4. The van der Waals surface area contributed by atoms with Gasteiger partial charge in [-0.1, -0.05) is 6.92 Å². The SMILES string of the molecule is CCNC(c1cncnc1)c1ncc(OC)nc1OC. The van der Waals surface area contributed by atoms with Gasteiger partial charge in [-0.05, 0) is 6.54 Å². The third-order valence-corrected chi connectivity index (χ3v) is 2.74. The second kappa shape index (κ2) is 6.76. The van der Waals surface area contributed by atoms with E-state index in [1.54, 1.807) is 25.7 Å². The van der Waals surface area contributed by atoms with Gasteiger partial charge in [-0.3, -0.25) is 0 Å². The highest BCUT2D eigenvalue weighted by Crippen LogP contribution is 2.27. The lowest BCUT2D eigenvalue weighted by Crippen LogP contribution is -2.24. The molecule has 0 bridgehead atoms. The zero-order chi connectivity index (χ0) is 14.4. The lowest BCUT2D eigenvalue weighted by Gasteiger charge is -2.19. The molecule has 2 aromatic rings. The summed E-state index contributed by atoms with van der Waals surface area (Å²) >= 11 is 0. The minimum absolute atomic E-state index is 0.186. The number of ether oxygens (including phenoxy) is 2. The van der Waals surface area contributed by atoms with E-state index in [-0.39, 0.29) is 6.04 Å². The van der Waals surface area contributed by atoms with E-state index in [9.17, 15) is 0 Å². The zero-order valence-corrected chi connectivity index (χ0v) is 11.7. The second-order valence-electron chi connectivity index (χ2n) is 3.97. The average molecular weight is 275 g/mol. The minimum Gasteiger partial charge on any atom is -0.480 e. The van der Waals surface area contributed by atoms with E-state index >= 15 is 0 Å². The van der Waals surface area contributed by atoms with Crippen molar-refractivity contribution >= 4 is 0 Å². The summed E-state index contributed by atoms with van der Waals surface area (Å²) in [6, 6.07) is -0.186. The predicted molar refractivity (Wildman–Crippen MR) is 72.7 cm³/mol. The molecule has 1 unspecified atom stereocenters. The lowest BCUT2D eigenvalue weighted by molar-refractivity contribution is 0.352. The summed E-state index contributed by atoms with van der Waals surface area (Å²) in [5.74, 6) is 0.823. The zero-order valence-electron chi connectivity index (χ0n) is 11.7. The largest absolute Gasteiger partial charge is 0.480 e. The molecule has 0 fully saturated rings. The van der Waals surface area contributed by atoms with E-state index in [2.05, 4.69) is 25.3 Å². The molecule has 0 spiro atoms. The smallest absolute Gasteiger partial charge is 0.240 e. The van der Waals surface area contributed by atoms with Gasteiger partial charge in [0.05, 0.1) is 26.5 Å². The van der Waals surface area contributed by atoms with Crippen LogP contribution in [0.5, 0.6) is 11.8 Å². The molecule has 0 aromatic carbocycles. The Morgan fingerprint density at radius 2 is 1.90 bits per heavy atom. The molecule has 106 valence electrons. The van der Waals surface area contributed by atoms with E-state index < -0.39 is 0 Å². The summed E-state index contributed by atoms with van der Waals surface area (Å²) in [6.45, 7) is 2.77. The standard InChI is InChI=1S/C13H17N5O2/c1-4-16-11(9-5-14-8-15-6-9)12-13(20-3)18-10(19-2)7-17-12/h5-8,11,16H,4H2,1-3H3. The molecule has 2 aromatic heterocycles. The highest BCUT2D eigenvalue weighted by Gasteiger charge is 2.21. The number of hydrogen-bond acceptors (Lipinski definition) is 7. The lowest BCUT2D eigenvalue weighted by atomic mass is 10.1. The maximum Gasteiger partial charge on any atom is 0.240 e. The number of hydrogen-bond donors (Lipinski definition) is 1. The molecule has 0 saturated heterocycles. The molecule has 0 amide bonds. The molecule has 1 N–H and O–H groups in total. The molecule has 1 atom stereocenters. The molecule has 7 heteroatoms. The van der Waals surface area contributed by atoms with Gasteiger partial charge in [0.2, 0.25) is 11.8 Å². The molecule has 0 aliphatic heterocycles. The van der Waals surface area contributed by atoms with Crippen LogP contribution in [-0.4, -0.2) is 40.7 Å². The monoisotopic (exact) mass is 275 g/mol. The Kier molecular flexibility index (Phi) is 4.78. The van der Waals surface area contributed by atoms with Crippen LogP contribution in [0.3, 0.4) is 0 Å². The van der Waals surface area contributed by atoms with Crippen molar-refractivity contribution in [2.45, 2.75) is 13.0 Å². The van der Waals surface area contributed by atoms with Crippen molar-refractivity contribution in [3.8, 4) is 11.8 Å². The predicted octanol–water partition coefficient (Wildman–Crippen LogP) is 0.983. The molecule has 0 aliphatic rings. The van der Waals surface area contributed by atoms with E-state index in [1.165, 1.54) is 13.4 Å². The fourth-order valence-corrected chi connectivity index (χ4v) is 1.85. The summed E-state index contributed by atoms with van der Waals surface area (Å²) in [7, 11) is 3.09. The van der Waals surface area contributed by atoms with Crippen LogP contribution < -0.4 is 14.8 Å². The number of aromatic nitrogens is 4. The van der Waals surface area contributed by atoms with Crippen LogP contribution in [0.1, 0.15) is 24.2 Å². The summed E-state index contributed by atoms with van der Waals surface area (Å²) in [6.07, 6.45) is 6.53. The van der Waals surface area contributed by atoms with Crippen molar-refractivity contribution in [3.05, 3.63) is 36.2 Å². The molecule has 0 aliphatic carbocycles. The second-order valence-corrected chi connectivity index (χ2v) is 3.97. The highest BCUT2D eigenvalue weighted by molar-refractivity contribution is 5.32. The Morgan fingerprint density at radius 3 is 2.50 bits per heavy atom. The van der Waals surface area contributed by atoms with Crippen molar-refractivity contribution in [2.75, 3.05) is 20.8 Å². The Morgan fingerprint density at radius 1 is 1.15 bits per heavy atom. The fourth-order valence-electron chi connectivity index (χ4n) is 1.85. The van der Waals surface area contributed by atoms with Gasteiger partial charge in [0, 0.05) is 18.0 Å². The van der Waals surface area contributed by atoms with Crippen molar-refractivity contribution in [1.82, 2.24) is 25.3 Å². The normalized spacial score (nSPS) is 11.9. The first-order valence-corrected chi connectivity index (χ1v) is 6.23. The molecule has 2 heterocycles. The first-order valence-electron chi connectivity index (χ1n) is 6.23. The van der Waals surface area contributed by atoms with Gasteiger partial charge >= 0.3 is 0 Å². The maximum absolute atomic E-state index is 5.30. The number of rotatable bonds is 6. The maximum atomic E-state index is 5.30. The van der Waals surface area contributed by atoms with Crippen molar-refractivity contribution in [1.29, 1.82) is 0 Å². The van der Waals surface area contributed by atoms with Crippen molar-refractivity contribution in [2.24, 2.45) is 0 Å². The van der Waals surface area contributed by atoms with Gasteiger partial charge in [0.25, 0.3) is 0 Å². The first-order chi connectivity index (χ1) is 9.80. The highest BCUT2D eigenvalue weighted by atomic mass is 16.5. The van der Waals surface area contributed by atoms with E-state index in [0.29, 0.717) is 17.5 Å². The van der Waals surface area contributed by atoms with E-state index in [0.717, 1.165) is 12.1 Å². The van der Waals surface area contributed by atoms with Gasteiger partial charge in [-0.15, -0.1) is 0 Å². The van der Waals surface area contributed by atoms with Gasteiger partial charge < -0.3 is 14.8 Å². The van der Waals surface area contributed by atoms with Crippen molar-refractivity contribution < 1.29 is 9.47 Å². The molecule has 2 rings (SSSR count). The summed E-state index contributed by atoms with van der Waals surface area (Å²) in [4.78, 5) is 16.7. The summed E-state index contributed by atoms with van der Waals surface area (Å²) in [5, 5.41) is 3.32. The Labute approximate surface area is 117 Å². The van der Waals surface area contributed by atoms with Crippen LogP contribution in [0.15, 0.2) is 24.9 Å². The number of nitrogens with one attached hydrogen (secondary N) is 1. The fraction of sp³-hybridized carbons (Fsp3) is 0.385. The molecule has 20 heavy (non-hydrogen) atoms. The Balaban J connectivity index is 2.44. The third-order valence-electron chi connectivity index (χ3n) is 2.74. The van der Waals surface area contributed by atoms with E-state index in [1.807, 2.05) is 6.92 Å². The van der Waals surface area contributed by atoms with Gasteiger partial charge in [0.1, 0.15) is 12.0 Å². The van der Waals surface area contributed by atoms with Crippen LogP contribution >= 0.6 is 0 Å². The molecule has 7 nitrogen and oxygen atoms in total. The Bertz CT molecular complexity index is 550. The van der Waals surface area contributed by atoms with Gasteiger partial charge in [-0.25, -0.2) is 15.0 Å². The minimum atomic E-state index is -0.186. The van der Waals surface area contributed by atoms with Crippen LogP contribution in [0, 0.1) is 0 Å². The van der Waals surface area contributed by atoms with Gasteiger partial charge in [0.15, 0.2) is 0 Å². The van der Waals surface area contributed by atoms with Crippen LogP contribution in [0.2, 0.25) is 0 Å². The number of nitrogens with zero attached hydrogens (tertiary/aromatic N) is 4. The van der Waals surface area contributed by atoms with Crippen LogP contribution in [0.4, 0.5) is 0 Å². The molecule has 0 saturated carbocycles. The first kappa shape index (κ1) is 14.1. The topological polar surface area (TPSA) is 82.1 Å². The van der Waals surface area contributed by atoms with Crippen molar-refractivity contribution in [3.63, 3.8) is 0 Å². The van der Waals surface area contributed by atoms with Gasteiger partial charge in [-0.2, -0.15) is 4.98 Å². The van der Waals surface area contributed by atoms with Crippen LogP contribution in [-0.2, 0) is 0 Å². The number of methoxy groups -OCH3 is 2. The Hall–Kier alpha value is -2.28. The third kappa shape index (κ3) is 3.00.